The van der Waals surface area contributed by atoms with Gasteiger partial charge in [-0.2, -0.15) is 0 Å². The number of hydrogen-bond donors (Lipinski definition) is 3. The molecule has 0 saturated heterocycles. The number of nitrogens with one attached hydrogen (secondary N) is 3. The van der Waals surface area contributed by atoms with Crippen molar-refractivity contribution in [1.29, 1.82) is 0 Å². The molecule has 118 valence electrons. The van der Waals surface area contributed by atoms with Crippen LogP contribution in [0.1, 0.15) is 36.2 Å². The maximum absolute atomic E-state index is 12.1. The Labute approximate surface area is 132 Å². The molecule has 0 radical (unpaired) electrons. The molecule has 0 fully saturated rings. The van der Waals surface area contributed by atoms with Crippen LogP contribution in [0, 0.1) is 6.92 Å². The van der Waals surface area contributed by atoms with E-state index in [0.29, 0.717) is 24.2 Å². The molecule has 3 N–H and O–H groups in total. The van der Waals surface area contributed by atoms with Crippen LogP contribution in [0.25, 0.3) is 0 Å². The van der Waals surface area contributed by atoms with Crippen LogP contribution in [0.2, 0.25) is 0 Å². The maximum atomic E-state index is 12.1. The summed E-state index contributed by atoms with van der Waals surface area (Å²) in [5, 5.41) is 8.57. The molecule has 0 aliphatic rings. The van der Waals surface area contributed by atoms with Gasteiger partial charge in [0, 0.05) is 30.3 Å². The van der Waals surface area contributed by atoms with Crippen molar-refractivity contribution in [3.8, 4) is 0 Å². The van der Waals surface area contributed by atoms with Crippen molar-refractivity contribution in [2.75, 3.05) is 18.9 Å². The van der Waals surface area contributed by atoms with Gasteiger partial charge in [-0.3, -0.25) is 9.59 Å². The monoisotopic (exact) mass is 313 g/mol. The minimum absolute atomic E-state index is 0. The van der Waals surface area contributed by atoms with Crippen LogP contribution >= 0.6 is 12.4 Å². The molecule has 0 heterocycles. The first-order valence-electron chi connectivity index (χ1n) is 6.80. The van der Waals surface area contributed by atoms with Crippen LogP contribution in [-0.4, -0.2) is 31.4 Å². The lowest BCUT2D eigenvalue weighted by Gasteiger charge is -2.12. The molecule has 0 aliphatic carbocycles. The third-order valence-electron chi connectivity index (χ3n) is 2.79. The molecular formula is C15H24ClN3O2. The average molecular weight is 314 g/mol. The Hall–Kier alpha value is -1.59. The molecule has 21 heavy (non-hydrogen) atoms. The predicted molar refractivity (Wildman–Crippen MR) is 88.2 cm³/mol. The first-order chi connectivity index (χ1) is 9.43. The van der Waals surface area contributed by atoms with E-state index in [1.165, 1.54) is 0 Å². The van der Waals surface area contributed by atoms with Gasteiger partial charge in [-0.15, -0.1) is 12.4 Å². The van der Waals surface area contributed by atoms with Crippen LogP contribution < -0.4 is 16.0 Å². The Kier molecular flexibility index (Phi) is 8.66. The molecular weight excluding hydrogens is 290 g/mol. The average Bonchev–Trinajstić information content (AvgIpc) is 2.37. The van der Waals surface area contributed by atoms with Gasteiger partial charge in [0.25, 0.3) is 5.91 Å². The van der Waals surface area contributed by atoms with Crippen molar-refractivity contribution in [3.05, 3.63) is 29.3 Å². The van der Waals surface area contributed by atoms with E-state index in [1.807, 2.05) is 26.8 Å². The lowest BCUT2D eigenvalue weighted by molar-refractivity contribution is -0.116. The fourth-order valence-corrected chi connectivity index (χ4v) is 1.75. The van der Waals surface area contributed by atoms with Crippen LogP contribution in [0.3, 0.4) is 0 Å². The van der Waals surface area contributed by atoms with E-state index in [4.69, 9.17) is 0 Å². The van der Waals surface area contributed by atoms with Gasteiger partial charge >= 0.3 is 0 Å². The summed E-state index contributed by atoms with van der Waals surface area (Å²) in [4.78, 5) is 23.7. The Morgan fingerprint density at radius 2 is 1.90 bits per heavy atom. The lowest BCUT2D eigenvalue weighted by Crippen LogP contribution is -2.30. The first kappa shape index (κ1) is 19.4. The van der Waals surface area contributed by atoms with Crippen LogP contribution in [-0.2, 0) is 4.79 Å². The summed E-state index contributed by atoms with van der Waals surface area (Å²) in [7, 11) is 1.80. The number of rotatable bonds is 6. The highest BCUT2D eigenvalue weighted by atomic mass is 35.5. The second kappa shape index (κ2) is 9.37. The van der Waals surface area contributed by atoms with E-state index < -0.39 is 0 Å². The molecule has 0 atom stereocenters. The molecule has 0 aliphatic heterocycles. The van der Waals surface area contributed by atoms with Gasteiger partial charge in [0.2, 0.25) is 5.91 Å². The Morgan fingerprint density at radius 3 is 2.48 bits per heavy atom. The summed E-state index contributed by atoms with van der Waals surface area (Å²) < 4.78 is 0. The van der Waals surface area contributed by atoms with Crippen molar-refractivity contribution in [2.24, 2.45) is 0 Å². The third-order valence-corrected chi connectivity index (χ3v) is 2.79. The first-order valence-corrected chi connectivity index (χ1v) is 6.80. The second-order valence-electron chi connectivity index (χ2n) is 5.06. The van der Waals surface area contributed by atoms with E-state index >= 15 is 0 Å². The molecule has 0 unspecified atom stereocenters. The summed E-state index contributed by atoms with van der Waals surface area (Å²) in [5.41, 5.74) is 2.12. The van der Waals surface area contributed by atoms with E-state index in [2.05, 4.69) is 16.0 Å². The highest BCUT2D eigenvalue weighted by Crippen LogP contribution is 2.15. The molecule has 0 bridgehead atoms. The van der Waals surface area contributed by atoms with E-state index in [0.717, 1.165) is 5.56 Å². The third kappa shape index (κ3) is 6.60. The van der Waals surface area contributed by atoms with Gasteiger partial charge in [-0.1, -0.05) is 6.07 Å². The van der Waals surface area contributed by atoms with Crippen LogP contribution in [0.15, 0.2) is 18.2 Å². The van der Waals surface area contributed by atoms with Crippen molar-refractivity contribution in [2.45, 2.75) is 33.2 Å². The van der Waals surface area contributed by atoms with Gasteiger partial charge < -0.3 is 16.0 Å². The SMILES string of the molecule is CNCCC(=O)Nc1ccc(C)c(C(=O)NC(C)C)c1.Cl. The minimum Gasteiger partial charge on any atom is -0.350 e. The zero-order valence-corrected chi connectivity index (χ0v) is 13.8. The molecule has 0 saturated carbocycles. The summed E-state index contributed by atoms with van der Waals surface area (Å²) in [6.07, 6.45) is 0.401. The van der Waals surface area contributed by atoms with Gasteiger partial charge in [-0.25, -0.2) is 0 Å². The molecule has 2 amide bonds. The number of benzene rings is 1. The van der Waals surface area contributed by atoms with Crippen molar-refractivity contribution in [1.82, 2.24) is 10.6 Å². The van der Waals surface area contributed by atoms with Crippen LogP contribution in [0.5, 0.6) is 0 Å². The summed E-state index contributed by atoms with van der Waals surface area (Å²) in [6.45, 7) is 6.33. The quantitative estimate of drug-likeness (QED) is 0.753. The number of amides is 2. The zero-order chi connectivity index (χ0) is 15.1. The minimum atomic E-state index is -0.121. The summed E-state index contributed by atoms with van der Waals surface area (Å²) >= 11 is 0. The fourth-order valence-electron chi connectivity index (χ4n) is 1.75. The van der Waals surface area contributed by atoms with Crippen molar-refractivity contribution < 1.29 is 9.59 Å². The van der Waals surface area contributed by atoms with Crippen molar-refractivity contribution >= 4 is 29.9 Å². The van der Waals surface area contributed by atoms with Gasteiger partial charge in [0.1, 0.15) is 0 Å². The largest absolute Gasteiger partial charge is 0.350 e. The highest BCUT2D eigenvalue weighted by molar-refractivity contribution is 5.98. The summed E-state index contributed by atoms with van der Waals surface area (Å²) in [5.74, 6) is -0.192. The topological polar surface area (TPSA) is 70.2 Å². The number of carbonyl (C=O) groups is 2. The summed E-state index contributed by atoms with van der Waals surface area (Å²) in [6, 6.07) is 5.43. The van der Waals surface area contributed by atoms with E-state index in [1.54, 1.807) is 19.2 Å². The van der Waals surface area contributed by atoms with E-state index in [9.17, 15) is 9.59 Å². The molecule has 0 spiro atoms. The molecule has 5 nitrogen and oxygen atoms in total. The number of hydrogen-bond acceptors (Lipinski definition) is 3. The Balaban J connectivity index is 0.00000400. The van der Waals surface area contributed by atoms with Crippen molar-refractivity contribution in [3.63, 3.8) is 0 Å². The van der Waals surface area contributed by atoms with Crippen LogP contribution in [0.4, 0.5) is 5.69 Å². The number of halogens is 1. The molecule has 0 aromatic heterocycles. The normalized spacial score (nSPS) is 9.95. The Bertz CT molecular complexity index is 490. The predicted octanol–water partition coefficient (Wildman–Crippen LogP) is 2.10. The lowest BCUT2D eigenvalue weighted by atomic mass is 10.1. The Morgan fingerprint density at radius 1 is 1.24 bits per heavy atom. The molecule has 1 aromatic carbocycles. The highest BCUT2D eigenvalue weighted by Gasteiger charge is 2.11. The standard InChI is InChI=1S/C15H23N3O2.ClH/c1-10(2)17-15(20)13-9-12(6-5-11(13)3)18-14(19)7-8-16-4;/h5-6,9-10,16H,7-8H2,1-4H3,(H,17,20)(H,18,19);1H. The number of aryl methyl sites for hydroxylation is 1. The molecule has 1 aromatic rings. The fraction of sp³-hybridized carbons (Fsp3) is 0.467. The molecule has 6 heteroatoms. The van der Waals surface area contributed by atoms with Gasteiger partial charge in [0.15, 0.2) is 0 Å². The second-order valence-corrected chi connectivity index (χ2v) is 5.06. The van der Waals surface area contributed by atoms with Gasteiger partial charge in [0.05, 0.1) is 0 Å². The van der Waals surface area contributed by atoms with Gasteiger partial charge in [-0.05, 0) is 45.5 Å². The smallest absolute Gasteiger partial charge is 0.251 e. The maximum Gasteiger partial charge on any atom is 0.251 e. The molecule has 1 rings (SSSR count). The zero-order valence-electron chi connectivity index (χ0n) is 12.9. The number of carbonyl (C=O) groups excluding carboxylic acids is 2. The van der Waals surface area contributed by atoms with E-state index in [-0.39, 0.29) is 30.3 Å². The number of anilines is 1.